The summed E-state index contributed by atoms with van der Waals surface area (Å²) in [5, 5.41) is 10.8. The Labute approximate surface area is 200 Å². The average molecular weight is 508 g/mol. The number of aromatic nitrogens is 2. The van der Waals surface area contributed by atoms with E-state index >= 15 is 0 Å². The number of aromatic carboxylic acids is 1. The number of thioether (sulfide) groups is 1. The first-order valence-corrected chi connectivity index (χ1v) is 11.0. The normalized spacial score (nSPS) is 16.1. The molecule has 0 saturated carbocycles. The number of carboxylic acids is 1. The molecule has 12 heteroatoms. The molecule has 0 bridgehead atoms. The van der Waals surface area contributed by atoms with Gasteiger partial charge in [0.1, 0.15) is 11.1 Å². The van der Waals surface area contributed by atoms with Gasteiger partial charge in [0.25, 0.3) is 0 Å². The van der Waals surface area contributed by atoms with Crippen LogP contribution in [-0.2, 0) is 12.6 Å². The fourth-order valence-corrected chi connectivity index (χ4v) is 4.61. The minimum atomic E-state index is -4.64. The van der Waals surface area contributed by atoms with Gasteiger partial charge in [0.05, 0.1) is 10.5 Å². The Kier molecular flexibility index (Phi) is 6.66. The van der Waals surface area contributed by atoms with Crippen LogP contribution >= 0.6 is 11.8 Å². The van der Waals surface area contributed by atoms with E-state index < -0.39 is 29.2 Å². The molecule has 0 aliphatic carbocycles. The van der Waals surface area contributed by atoms with Crippen LogP contribution in [-0.4, -0.2) is 31.5 Å². The molecule has 1 unspecified atom stereocenters. The number of benzene rings is 2. The lowest BCUT2D eigenvalue weighted by molar-refractivity contribution is -0.141. The lowest BCUT2D eigenvalue weighted by Gasteiger charge is -2.15. The summed E-state index contributed by atoms with van der Waals surface area (Å²) in [6, 6.07) is 11.3. The molecule has 0 radical (unpaired) electrons. The molecule has 2 N–H and O–H groups in total. The number of nitrogens with zero attached hydrogens (tertiary/aromatic N) is 3. The van der Waals surface area contributed by atoms with Crippen LogP contribution in [0.2, 0.25) is 0 Å². The molecule has 1 aliphatic rings. The number of anilines is 2. The van der Waals surface area contributed by atoms with Crippen LogP contribution in [0.25, 0.3) is 4.91 Å². The molecule has 1 aromatic heterocycles. The van der Waals surface area contributed by atoms with Crippen LogP contribution < -0.4 is 5.32 Å². The monoisotopic (exact) mass is 508 g/mol. The van der Waals surface area contributed by atoms with Crippen molar-refractivity contribution in [2.75, 3.05) is 5.32 Å². The van der Waals surface area contributed by atoms with Crippen molar-refractivity contribution >= 4 is 34.3 Å². The smallest absolute Gasteiger partial charge is 0.433 e. The molecule has 2 heterocycles. The van der Waals surface area contributed by atoms with Crippen molar-refractivity contribution in [3.05, 3.63) is 88.6 Å². The molecule has 1 atom stereocenters. The number of hydrogen-bond acceptors (Lipinski definition) is 6. The number of nitrogens with one attached hydrogen (secondary N) is 1. The van der Waals surface area contributed by atoms with Gasteiger partial charge in [-0.3, -0.25) is 0 Å². The highest BCUT2D eigenvalue weighted by Gasteiger charge is 2.35. The summed E-state index contributed by atoms with van der Waals surface area (Å²) < 4.78 is 68.3. The van der Waals surface area contributed by atoms with Crippen LogP contribution in [0.1, 0.15) is 32.7 Å². The Balaban J connectivity index is 1.54. The van der Waals surface area contributed by atoms with Gasteiger partial charge < -0.3 is 10.4 Å². The van der Waals surface area contributed by atoms with Crippen molar-refractivity contribution < 1.29 is 31.9 Å². The minimum Gasteiger partial charge on any atom is -0.478 e. The Morgan fingerprint density at radius 1 is 1.17 bits per heavy atom. The third-order valence-electron chi connectivity index (χ3n) is 5.03. The van der Waals surface area contributed by atoms with Crippen molar-refractivity contribution in [1.29, 1.82) is 0 Å². The van der Waals surface area contributed by atoms with E-state index in [0.717, 1.165) is 24.0 Å². The fraction of sp³-hybridized carbons (Fsp3) is 0.174. The largest absolute Gasteiger partial charge is 0.478 e. The van der Waals surface area contributed by atoms with Crippen molar-refractivity contribution in [2.45, 2.75) is 24.9 Å². The number of rotatable bonds is 6. The van der Waals surface area contributed by atoms with Gasteiger partial charge in [0.15, 0.2) is 0 Å². The van der Waals surface area contributed by atoms with E-state index in [1.165, 1.54) is 30.3 Å². The molecule has 3 aromatic rings. The second-order valence-corrected chi connectivity index (χ2v) is 8.87. The maximum Gasteiger partial charge on any atom is 0.433 e. The van der Waals surface area contributed by atoms with Crippen molar-refractivity contribution in [3.8, 4) is 0 Å². The first-order valence-electron chi connectivity index (χ1n) is 10.1. The third-order valence-corrected chi connectivity index (χ3v) is 6.30. The predicted octanol–water partition coefficient (Wildman–Crippen LogP) is 6.34. The fourth-order valence-electron chi connectivity index (χ4n) is 3.44. The molecule has 0 fully saturated rings. The van der Waals surface area contributed by atoms with Gasteiger partial charge in [0, 0.05) is 18.3 Å². The Morgan fingerprint density at radius 3 is 2.54 bits per heavy atom. The van der Waals surface area contributed by atoms with Crippen LogP contribution in [0, 0.1) is 6.92 Å². The number of carbonyl (C=O) groups is 1. The highest BCUT2D eigenvalue weighted by atomic mass is 32.2. The highest BCUT2D eigenvalue weighted by molar-refractivity contribution is 8.09. The van der Waals surface area contributed by atoms with Crippen LogP contribution in [0.5, 0.6) is 0 Å². The predicted molar refractivity (Wildman–Crippen MR) is 121 cm³/mol. The van der Waals surface area contributed by atoms with Crippen molar-refractivity contribution in [2.24, 2.45) is 0 Å². The summed E-state index contributed by atoms with van der Waals surface area (Å²) in [5.41, 5.74) is 0.870. The molecule has 35 heavy (non-hydrogen) atoms. The first kappa shape index (κ1) is 24.5. The van der Waals surface area contributed by atoms with Gasteiger partial charge in [-0.15, -0.1) is 0 Å². The SMILES string of the molecule is Cc1cc(Nc2nccc(C(F)(F)F)n2)cc(C2=C(F)N(F)C(Cc3ccc(C(=O)O)cc3)S2)c1. The van der Waals surface area contributed by atoms with Gasteiger partial charge in [0.2, 0.25) is 11.9 Å². The molecule has 4 rings (SSSR count). The molecular formula is C23H17F5N4O2S. The van der Waals surface area contributed by atoms with E-state index in [1.807, 2.05) is 0 Å². The summed E-state index contributed by atoms with van der Waals surface area (Å²) in [6.45, 7) is 1.70. The molecule has 182 valence electrons. The maximum absolute atomic E-state index is 14.8. The Morgan fingerprint density at radius 2 is 1.89 bits per heavy atom. The number of alkyl halides is 3. The number of carboxylic acid groups (broad SMARTS) is 1. The molecule has 0 saturated heterocycles. The van der Waals surface area contributed by atoms with E-state index in [-0.39, 0.29) is 28.0 Å². The highest BCUT2D eigenvalue weighted by Crippen LogP contribution is 2.46. The van der Waals surface area contributed by atoms with Crippen LogP contribution in [0.4, 0.5) is 33.7 Å². The maximum atomic E-state index is 14.8. The lowest BCUT2D eigenvalue weighted by atomic mass is 10.1. The second-order valence-electron chi connectivity index (χ2n) is 7.69. The van der Waals surface area contributed by atoms with Gasteiger partial charge in [-0.2, -0.15) is 22.7 Å². The Hall–Kier alpha value is -3.67. The Bertz CT molecular complexity index is 1300. The van der Waals surface area contributed by atoms with E-state index in [2.05, 4.69) is 15.3 Å². The standard InChI is InChI=1S/C23H17F5N4O2S/c1-12-8-15(11-16(9-12)30-22-29-7-6-17(31-22)23(25,26)27)19-20(24)32(28)18(35-19)10-13-2-4-14(5-3-13)21(33)34/h2-9,11,18H,10H2,1H3,(H,33,34)(H,29,30,31). The molecule has 6 nitrogen and oxygen atoms in total. The van der Waals surface area contributed by atoms with Crippen molar-refractivity contribution in [3.63, 3.8) is 0 Å². The minimum absolute atomic E-state index is 0.0104. The average Bonchev–Trinajstić information content (AvgIpc) is 3.07. The summed E-state index contributed by atoms with van der Waals surface area (Å²) in [4.78, 5) is 18.3. The van der Waals surface area contributed by atoms with Gasteiger partial charge in [-0.25, -0.2) is 14.8 Å². The molecule has 1 aliphatic heterocycles. The molecule has 0 spiro atoms. The zero-order chi connectivity index (χ0) is 25.3. The first-order chi connectivity index (χ1) is 16.5. The van der Waals surface area contributed by atoms with Gasteiger partial charge >= 0.3 is 12.1 Å². The van der Waals surface area contributed by atoms with Crippen LogP contribution in [0.15, 0.2) is 60.7 Å². The molecule has 0 amide bonds. The quantitative estimate of drug-likeness (QED) is 0.228. The number of hydrogen-bond donors (Lipinski definition) is 2. The van der Waals surface area contributed by atoms with E-state index in [0.29, 0.717) is 22.4 Å². The lowest BCUT2D eigenvalue weighted by Crippen LogP contribution is -2.20. The summed E-state index contributed by atoms with van der Waals surface area (Å²) in [6.07, 6.45) is -3.56. The van der Waals surface area contributed by atoms with Gasteiger partial charge in [-0.1, -0.05) is 34.4 Å². The topological polar surface area (TPSA) is 78.4 Å². The zero-order valence-electron chi connectivity index (χ0n) is 18.0. The summed E-state index contributed by atoms with van der Waals surface area (Å²) in [7, 11) is 0. The summed E-state index contributed by atoms with van der Waals surface area (Å²) in [5.74, 6) is -2.47. The number of halogens is 5. The van der Waals surface area contributed by atoms with Crippen LogP contribution in [0.3, 0.4) is 0 Å². The van der Waals surface area contributed by atoms with E-state index in [4.69, 9.17) is 5.11 Å². The number of aryl methyl sites for hydroxylation is 1. The second kappa shape index (κ2) is 9.53. The van der Waals surface area contributed by atoms with E-state index in [1.54, 1.807) is 19.1 Å². The van der Waals surface area contributed by atoms with Crippen molar-refractivity contribution in [1.82, 2.24) is 15.1 Å². The third kappa shape index (κ3) is 5.53. The zero-order valence-corrected chi connectivity index (χ0v) is 18.8. The molecular weight excluding hydrogens is 491 g/mol. The van der Waals surface area contributed by atoms with Gasteiger partial charge in [-0.05, 0) is 53.9 Å². The van der Waals surface area contributed by atoms with E-state index in [9.17, 15) is 26.8 Å². The molecule has 2 aromatic carbocycles. The summed E-state index contributed by atoms with van der Waals surface area (Å²) >= 11 is 0.946.